The second-order valence-electron chi connectivity index (χ2n) is 2.69. The molecule has 0 bridgehead atoms. The van der Waals surface area contributed by atoms with Gasteiger partial charge < -0.3 is 18.7 Å². The van der Waals surface area contributed by atoms with Crippen LogP contribution >= 0.6 is 0 Å². The van der Waals surface area contributed by atoms with Gasteiger partial charge in [0.15, 0.2) is 0 Å². The number of anilines is 1. The monoisotopic (exact) mass is 174 g/mol. The van der Waals surface area contributed by atoms with E-state index < -0.39 is 12.4 Å². The number of nitrogen functional groups attached to an aromatic ring is 1. The lowest BCUT2D eigenvalue weighted by molar-refractivity contribution is 0.501. The molecular weight excluding hydrogens is 166 g/mol. The molecule has 1 nitrogen and oxygen atoms in total. The number of benzene rings is 1. The molecule has 0 atom stereocenters. The Balaban J connectivity index is 3.14. The highest BCUT2D eigenvalue weighted by atomic mass is 19.4. The predicted octanol–water partition coefficient (Wildman–Crippen LogP) is 1.63. The van der Waals surface area contributed by atoms with Crippen molar-refractivity contribution in [1.82, 2.24) is 0 Å². The topological polar surface area (TPSA) is 26.0 Å². The lowest BCUT2D eigenvalue weighted by atomic mass is 9.79. The molecule has 12 heavy (non-hydrogen) atoms. The average molecular weight is 174 g/mol. The van der Waals surface area contributed by atoms with E-state index in [0.29, 0.717) is 5.56 Å². The Bertz CT molecular complexity index is 295. The Morgan fingerprint density at radius 1 is 1.25 bits per heavy atom. The SMILES string of the molecule is Cc1ccc([B-](F)(F)F)cc1N. The summed E-state index contributed by atoms with van der Waals surface area (Å²) in [4.78, 5) is 0. The lowest BCUT2D eigenvalue weighted by Crippen LogP contribution is -2.34. The summed E-state index contributed by atoms with van der Waals surface area (Å²) in [5.41, 5.74) is 5.54. The zero-order valence-electron chi connectivity index (χ0n) is 6.52. The van der Waals surface area contributed by atoms with E-state index in [1.807, 2.05) is 0 Å². The standard InChI is InChI=1S/C7H8BF3N/c1-5-2-3-6(4-7(5)12)8(9,10)11/h2-4H,12H2,1H3/q-1. The minimum atomic E-state index is -4.92. The third kappa shape index (κ3) is 1.72. The summed E-state index contributed by atoms with van der Waals surface area (Å²) in [6.45, 7) is -3.25. The third-order valence-corrected chi connectivity index (χ3v) is 1.68. The number of nitrogens with two attached hydrogens (primary N) is 1. The van der Waals surface area contributed by atoms with E-state index in [2.05, 4.69) is 0 Å². The summed E-state index contributed by atoms with van der Waals surface area (Å²) in [5.74, 6) is 0. The molecule has 5 heteroatoms. The molecule has 2 N–H and O–H groups in total. The van der Waals surface area contributed by atoms with Crippen molar-refractivity contribution in [2.75, 3.05) is 5.73 Å². The summed E-state index contributed by atoms with van der Waals surface area (Å²) >= 11 is 0. The number of aryl methyl sites for hydroxylation is 1. The molecule has 0 radical (unpaired) electrons. The van der Waals surface area contributed by atoms with Crippen molar-refractivity contribution in [2.24, 2.45) is 0 Å². The van der Waals surface area contributed by atoms with Gasteiger partial charge in [0.05, 0.1) is 0 Å². The summed E-state index contributed by atoms with van der Waals surface area (Å²) in [7, 11) is 0. The molecular formula is C7H8BF3N-. The van der Waals surface area contributed by atoms with Crippen LogP contribution < -0.4 is 11.2 Å². The van der Waals surface area contributed by atoms with Gasteiger partial charge in [-0.1, -0.05) is 18.2 Å². The fraction of sp³-hybridized carbons (Fsp3) is 0.143. The molecule has 0 saturated heterocycles. The number of halogens is 3. The Kier molecular flexibility index (Phi) is 2.04. The van der Waals surface area contributed by atoms with Crippen LogP contribution in [0.4, 0.5) is 18.6 Å². The molecule has 0 unspecified atom stereocenters. The van der Waals surface area contributed by atoms with Crippen molar-refractivity contribution >= 4 is 18.1 Å². The van der Waals surface area contributed by atoms with Gasteiger partial charge in [0.2, 0.25) is 0 Å². The second kappa shape index (κ2) is 2.73. The lowest BCUT2D eigenvalue weighted by Gasteiger charge is -2.15. The van der Waals surface area contributed by atoms with E-state index in [1.54, 1.807) is 6.92 Å². The van der Waals surface area contributed by atoms with Gasteiger partial charge in [-0.15, -0.1) is 5.46 Å². The van der Waals surface area contributed by atoms with Crippen molar-refractivity contribution in [2.45, 2.75) is 6.92 Å². The van der Waals surface area contributed by atoms with E-state index in [4.69, 9.17) is 5.73 Å². The maximum Gasteiger partial charge on any atom is 0.509 e. The molecule has 0 aliphatic carbocycles. The van der Waals surface area contributed by atoms with Crippen molar-refractivity contribution in [1.29, 1.82) is 0 Å². The van der Waals surface area contributed by atoms with Crippen LogP contribution in [0.5, 0.6) is 0 Å². The molecule has 0 spiro atoms. The summed E-state index contributed by atoms with van der Waals surface area (Å²) in [6.07, 6.45) is 0. The van der Waals surface area contributed by atoms with Crippen molar-refractivity contribution in [3.8, 4) is 0 Å². The molecule has 0 fully saturated rings. The average Bonchev–Trinajstić information content (AvgIpc) is 1.92. The third-order valence-electron chi connectivity index (χ3n) is 1.68. The molecule has 66 valence electrons. The van der Waals surface area contributed by atoms with E-state index in [-0.39, 0.29) is 5.69 Å². The zero-order chi connectivity index (χ0) is 9.35. The van der Waals surface area contributed by atoms with Gasteiger partial charge in [-0.3, -0.25) is 0 Å². The van der Waals surface area contributed by atoms with Crippen LogP contribution in [-0.4, -0.2) is 6.98 Å². The van der Waals surface area contributed by atoms with Gasteiger partial charge in [0.25, 0.3) is 0 Å². The van der Waals surface area contributed by atoms with Crippen LogP contribution in [0.1, 0.15) is 5.56 Å². The van der Waals surface area contributed by atoms with Crippen molar-refractivity contribution in [3.63, 3.8) is 0 Å². The van der Waals surface area contributed by atoms with E-state index in [9.17, 15) is 12.9 Å². The molecule has 1 aromatic carbocycles. The van der Waals surface area contributed by atoms with Gasteiger partial charge in [0.1, 0.15) is 0 Å². The largest absolute Gasteiger partial charge is 0.509 e. The quantitative estimate of drug-likeness (QED) is 0.508. The predicted molar refractivity (Wildman–Crippen MR) is 44.3 cm³/mol. The maximum absolute atomic E-state index is 12.1. The van der Waals surface area contributed by atoms with Crippen LogP contribution in [0.2, 0.25) is 0 Å². The highest BCUT2D eigenvalue weighted by molar-refractivity contribution is 6.73. The van der Waals surface area contributed by atoms with Crippen LogP contribution in [0, 0.1) is 6.92 Å². The molecule has 0 heterocycles. The minimum Gasteiger partial charge on any atom is -0.445 e. The minimum absolute atomic E-state index is 0.187. The van der Waals surface area contributed by atoms with Crippen LogP contribution in [-0.2, 0) is 0 Å². The van der Waals surface area contributed by atoms with Crippen LogP contribution in [0.15, 0.2) is 18.2 Å². The first-order chi connectivity index (χ1) is 5.41. The highest BCUT2D eigenvalue weighted by Crippen LogP contribution is 2.13. The number of hydrogen-bond donors (Lipinski definition) is 1. The van der Waals surface area contributed by atoms with Crippen molar-refractivity contribution in [3.05, 3.63) is 23.8 Å². The molecule has 0 amide bonds. The fourth-order valence-corrected chi connectivity index (χ4v) is 0.863. The molecule has 0 aromatic heterocycles. The molecule has 0 saturated carbocycles. The first kappa shape index (κ1) is 8.97. The molecule has 0 aliphatic rings. The van der Waals surface area contributed by atoms with Gasteiger partial charge in [-0.2, -0.15) is 0 Å². The Morgan fingerprint density at radius 2 is 1.83 bits per heavy atom. The van der Waals surface area contributed by atoms with E-state index in [0.717, 1.165) is 12.1 Å². The van der Waals surface area contributed by atoms with Gasteiger partial charge in [-0.05, 0) is 12.5 Å². The summed E-state index contributed by atoms with van der Waals surface area (Å²) in [5, 5.41) is 0. The van der Waals surface area contributed by atoms with Gasteiger partial charge in [-0.25, -0.2) is 0 Å². The van der Waals surface area contributed by atoms with Crippen LogP contribution in [0.25, 0.3) is 0 Å². The van der Waals surface area contributed by atoms with Crippen molar-refractivity contribution < 1.29 is 12.9 Å². The van der Waals surface area contributed by atoms with Crippen LogP contribution in [0.3, 0.4) is 0 Å². The molecule has 0 aliphatic heterocycles. The molecule has 1 rings (SSSR count). The normalized spacial score (nSPS) is 11.7. The second-order valence-corrected chi connectivity index (χ2v) is 2.69. The Morgan fingerprint density at radius 3 is 2.25 bits per heavy atom. The van der Waals surface area contributed by atoms with Gasteiger partial charge in [0, 0.05) is 5.69 Å². The van der Waals surface area contributed by atoms with E-state index >= 15 is 0 Å². The van der Waals surface area contributed by atoms with Gasteiger partial charge >= 0.3 is 6.98 Å². The first-order valence-electron chi connectivity index (χ1n) is 3.47. The zero-order valence-corrected chi connectivity index (χ0v) is 6.52. The molecule has 1 aromatic rings. The number of hydrogen-bond acceptors (Lipinski definition) is 1. The van der Waals surface area contributed by atoms with E-state index in [1.165, 1.54) is 6.07 Å². The Labute approximate surface area is 68.4 Å². The fourth-order valence-electron chi connectivity index (χ4n) is 0.863. The Hall–Kier alpha value is -1.13. The number of rotatable bonds is 1. The maximum atomic E-state index is 12.1. The summed E-state index contributed by atoms with van der Waals surface area (Å²) in [6, 6.07) is 3.39. The first-order valence-corrected chi connectivity index (χ1v) is 3.47. The highest BCUT2D eigenvalue weighted by Gasteiger charge is 2.25. The smallest absolute Gasteiger partial charge is 0.445 e. The summed E-state index contributed by atoms with van der Waals surface area (Å²) < 4.78 is 36.3.